The number of aromatic nitrogens is 6. The van der Waals surface area contributed by atoms with Crippen molar-refractivity contribution in [2.45, 2.75) is 31.5 Å². The highest BCUT2D eigenvalue weighted by Gasteiger charge is 2.34. The molecule has 2 aromatic carbocycles. The van der Waals surface area contributed by atoms with Crippen LogP contribution in [0.1, 0.15) is 35.7 Å². The smallest absolute Gasteiger partial charge is 0.434 e. The molecule has 5 aromatic rings. The van der Waals surface area contributed by atoms with Crippen LogP contribution in [0.4, 0.5) is 13.2 Å². The molecular formula is C30H25F3N6O2. The molecule has 1 saturated carbocycles. The van der Waals surface area contributed by atoms with Crippen molar-refractivity contribution in [1.29, 1.82) is 0 Å². The van der Waals surface area contributed by atoms with Gasteiger partial charge in [-0.25, -0.2) is 19.9 Å². The first-order valence-corrected chi connectivity index (χ1v) is 13.0. The molecule has 1 aliphatic rings. The van der Waals surface area contributed by atoms with Gasteiger partial charge in [0.15, 0.2) is 11.5 Å². The van der Waals surface area contributed by atoms with E-state index in [1.165, 1.54) is 17.9 Å². The topological polar surface area (TPSA) is 87.8 Å². The quantitative estimate of drug-likeness (QED) is 0.215. The standard InChI is InChI=1S/C30H25F3N6O2/c1-39-15-23(30(31,32)33)37-27(39)21-10-8-18(9-11-21)16-41-28-22(19-6-4-3-5-7-19)14-34-26(38-28)24-25(20-12-13-20)35-17-36-29(24)40-2/h3-11,14-15,17,20H,12-13,16H2,1-2H3. The van der Waals surface area contributed by atoms with E-state index in [-0.39, 0.29) is 12.4 Å². The van der Waals surface area contributed by atoms with Crippen LogP contribution in [0.2, 0.25) is 0 Å². The van der Waals surface area contributed by atoms with E-state index in [4.69, 9.17) is 14.5 Å². The SMILES string of the molecule is COc1ncnc(C2CC2)c1-c1ncc(-c2ccccc2)c(OCc2ccc(-c3nc(C(F)(F)F)cn3C)cc2)n1. The molecule has 41 heavy (non-hydrogen) atoms. The van der Waals surface area contributed by atoms with E-state index in [1.54, 1.807) is 37.6 Å². The molecule has 0 unspecified atom stereocenters. The van der Waals surface area contributed by atoms with Gasteiger partial charge in [0.1, 0.15) is 24.3 Å². The van der Waals surface area contributed by atoms with E-state index < -0.39 is 11.9 Å². The molecule has 0 N–H and O–H groups in total. The molecule has 0 saturated heterocycles. The Labute approximate surface area is 233 Å². The molecule has 1 aliphatic carbocycles. The Hall–Kier alpha value is -4.80. The van der Waals surface area contributed by atoms with Crippen molar-refractivity contribution in [1.82, 2.24) is 29.5 Å². The second-order valence-corrected chi connectivity index (χ2v) is 9.74. The van der Waals surface area contributed by atoms with Gasteiger partial charge >= 0.3 is 6.18 Å². The van der Waals surface area contributed by atoms with Gasteiger partial charge in [-0.2, -0.15) is 18.2 Å². The highest BCUT2D eigenvalue weighted by molar-refractivity contribution is 5.72. The fourth-order valence-electron chi connectivity index (χ4n) is 4.60. The number of halogens is 3. The highest BCUT2D eigenvalue weighted by atomic mass is 19.4. The van der Waals surface area contributed by atoms with Gasteiger partial charge < -0.3 is 14.0 Å². The first kappa shape index (κ1) is 26.4. The Kier molecular flexibility index (Phi) is 6.86. The lowest BCUT2D eigenvalue weighted by Crippen LogP contribution is -2.05. The molecule has 0 spiro atoms. The number of ether oxygens (including phenoxy) is 2. The Balaban J connectivity index is 1.31. The van der Waals surface area contributed by atoms with Gasteiger partial charge in [0.05, 0.1) is 18.4 Å². The summed E-state index contributed by atoms with van der Waals surface area (Å²) in [5.74, 6) is 1.72. The normalized spacial score (nSPS) is 13.3. The molecule has 0 amide bonds. The van der Waals surface area contributed by atoms with Crippen LogP contribution in [-0.4, -0.2) is 36.6 Å². The number of nitrogens with zero attached hydrogens (tertiary/aromatic N) is 6. The van der Waals surface area contributed by atoms with Crippen LogP contribution in [0.3, 0.4) is 0 Å². The molecule has 6 rings (SSSR count). The fourth-order valence-corrected chi connectivity index (χ4v) is 4.60. The third kappa shape index (κ3) is 5.47. The van der Waals surface area contributed by atoms with Crippen LogP contribution in [0.25, 0.3) is 33.9 Å². The maximum absolute atomic E-state index is 13.1. The van der Waals surface area contributed by atoms with Crippen molar-refractivity contribution in [2.75, 3.05) is 7.11 Å². The lowest BCUT2D eigenvalue weighted by Gasteiger charge is -2.14. The fraction of sp³-hybridized carbons (Fsp3) is 0.233. The third-order valence-electron chi connectivity index (χ3n) is 6.82. The second-order valence-electron chi connectivity index (χ2n) is 9.74. The Morgan fingerprint density at radius 3 is 2.32 bits per heavy atom. The van der Waals surface area contributed by atoms with E-state index in [9.17, 15) is 13.2 Å². The molecule has 1 fully saturated rings. The van der Waals surface area contributed by atoms with Crippen molar-refractivity contribution in [3.05, 3.63) is 90.3 Å². The maximum Gasteiger partial charge on any atom is 0.434 e. The molecule has 208 valence electrons. The van der Waals surface area contributed by atoms with Gasteiger partial charge in [0, 0.05) is 30.9 Å². The summed E-state index contributed by atoms with van der Waals surface area (Å²) in [5.41, 5.74) is 3.54. The molecule has 0 radical (unpaired) electrons. The molecular weight excluding hydrogens is 533 g/mol. The van der Waals surface area contributed by atoms with E-state index in [2.05, 4.69) is 19.9 Å². The lowest BCUT2D eigenvalue weighted by molar-refractivity contribution is -0.140. The molecule has 0 aliphatic heterocycles. The van der Waals surface area contributed by atoms with Gasteiger partial charge in [-0.1, -0.05) is 54.6 Å². The molecule has 11 heteroatoms. The number of aryl methyl sites for hydroxylation is 1. The van der Waals surface area contributed by atoms with Crippen LogP contribution < -0.4 is 9.47 Å². The minimum atomic E-state index is -4.51. The zero-order chi connectivity index (χ0) is 28.6. The van der Waals surface area contributed by atoms with Crippen LogP contribution >= 0.6 is 0 Å². The van der Waals surface area contributed by atoms with E-state index in [0.717, 1.165) is 35.9 Å². The monoisotopic (exact) mass is 558 g/mol. The van der Waals surface area contributed by atoms with Crippen molar-refractivity contribution >= 4 is 0 Å². The number of alkyl halides is 3. The number of hydrogen-bond donors (Lipinski definition) is 0. The number of imidazole rings is 1. The van der Waals surface area contributed by atoms with Crippen molar-refractivity contribution in [2.24, 2.45) is 7.05 Å². The predicted octanol–water partition coefficient (Wildman–Crippen LogP) is 6.48. The molecule has 3 aromatic heterocycles. The second kappa shape index (κ2) is 10.6. The van der Waals surface area contributed by atoms with Crippen LogP contribution in [0.15, 0.2) is 73.3 Å². The summed E-state index contributed by atoms with van der Waals surface area (Å²) in [5, 5.41) is 0. The number of hydrogen-bond acceptors (Lipinski definition) is 7. The summed E-state index contributed by atoms with van der Waals surface area (Å²) in [6.45, 7) is 0.169. The Bertz CT molecular complexity index is 1680. The van der Waals surface area contributed by atoms with Crippen molar-refractivity contribution in [3.8, 4) is 45.7 Å². The van der Waals surface area contributed by atoms with Gasteiger partial charge in [-0.15, -0.1) is 0 Å². The molecule has 8 nitrogen and oxygen atoms in total. The zero-order valence-electron chi connectivity index (χ0n) is 22.3. The number of benzene rings is 2. The Morgan fingerprint density at radius 1 is 0.902 bits per heavy atom. The summed E-state index contributed by atoms with van der Waals surface area (Å²) in [6.07, 6.45) is 1.75. The molecule has 0 bridgehead atoms. The van der Waals surface area contributed by atoms with Gasteiger partial charge in [-0.3, -0.25) is 0 Å². The minimum absolute atomic E-state index is 0.169. The van der Waals surface area contributed by atoms with E-state index in [1.807, 2.05) is 30.3 Å². The average Bonchev–Trinajstić information content (AvgIpc) is 3.76. The summed E-state index contributed by atoms with van der Waals surface area (Å²) >= 11 is 0. The third-order valence-corrected chi connectivity index (χ3v) is 6.82. The lowest BCUT2D eigenvalue weighted by atomic mass is 10.1. The summed E-state index contributed by atoms with van der Waals surface area (Å²) < 4.78 is 52.5. The predicted molar refractivity (Wildman–Crippen MR) is 145 cm³/mol. The van der Waals surface area contributed by atoms with Gasteiger partial charge in [0.25, 0.3) is 0 Å². The zero-order valence-corrected chi connectivity index (χ0v) is 22.3. The first-order chi connectivity index (χ1) is 19.8. The highest BCUT2D eigenvalue weighted by Crippen LogP contribution is 2.45. The molecule has 0 atom stereocenters. The minimum Gasteiger partial charge on any atom is -0.480 e. The maximum atomic E-state index is 13.1. The van der Waals surface area contributed by atoms with E-state index in [0.29, 0.717) is 40.2 Å². The average molecular weight is 559 g/mol. The first-order valence-electron chi connectivity index (χ1n) is 13.0. The van der Waals surface area contributed by atoms with E-state index >= 15 is 0 Å². The van der Waals surface area contributed by atoms with Crippen LogP contribution in [0, 0.1) is 0 Å². The number of methoxy groups -OCH3 is 1. The van der Waals surface area contributed by atoms with Crippen molar-refractivity contribution in [3.63, 3.8) is 0 Å². The summed E-state index contributed by atoms with van der Waals surface area (Å²) in [4.78, 5) is 22.0. The van der Waals surface area contributed by atoms with Gasteiger partial charge in [0.2, 0.25) is 11.8 Å². The number of rotatable bonds is 8. The van der Waals surface area contributed by atoms with Crippen LogP contribution in [0.5, 0.6) is 11.8 Å². The van der Waals surface area contributed by atoms with Crippen LogP contribution in [-0.2, 0) is 19.8 Å². The van der Waals surface area contributed by atoms with Gasteiger partial charge in [-0.05, 0) is 24.0 Å². The molecule has 3 heterocycles. The summed E-state index contributed by atoms with van der Waals surface area (Å²) in [6, 6.07) is 16.7. The van der Waals surface area contributed by atoms with Crippen molar-refractivity contribution < 1.29 is 22.6 Å². The Morgan fingerprint density at radius 2 is 1.66 bits per heavy atom. The summed E-state index contributed by atoms with van der Waals surface area (Å²) in [7, 11) is 3.09. The largest absolute Gasteiger partial charge is 0.480 e.